The Bertz CT molecular complexity index is 1190. The quantitative estimate of drug-likeness (QED) is 0.714. The summed E-state index contributed by atoms with van der Waals surface area (Å²) >= 11 is 5.89. The number of carbonyl (C=O) groups is 2. The Morgan fingerprint density at radius 2 is 1.93 bits per heavy atom. The fourth-order valence-electron chi connectivity index (χ4n) is 3.02. The maximum absolute atomic E-state index is 12.6. The van der Waals surface area contributed by atoms with Gasteiger partial charge in [-0.05, 0) is 43.3 Å². The topological polar surface area (TPSA) is 88.8 Å². The van der Waals surface area contributed by atoms with Crippen LogP contribution in [0.15, 0.2) is 51.7 Å². The number of likely N-dealkylation sites (N-methyl/N-ethyl adjacent to an activating group) is 1. The van der Waals surface area contributed by atoms with Crippen LogP contribution in [0.4, 0.5) is 11.4 Å². The van der Waals surface area contributed by atoms with Gasteiger partial charge in [-0.15, -0.1) is 0 Å². The van der Waals surface area contributed by atoms with Crippen LogP contribution in [0.2, 0.25) is 5.02 Å². The van der Waals surface area contributed by atoms with Crippen LogP contribution < -0.4 is 20.4 Å². The molecular weight excluding hydrogens is 384 g/mol. The molecule has 4 rings (SSSR count). The van der Waals surface area contributed by atoms with Gasteiger partial charge < -0.3 is 19.4 Å². The van der Waals surface area contributed by atoms with E-state index in [0.717, 1.165) is 6.07 Å². The van der Waals surface area contributed by atoms with Crippen molar-refractivity contribution in [1.29, 1.82) is 0 Å². The van der Waals surface area contributed by atoms with Gasteiger partial charge in [0.15, 0.2) is 17.3 Å². The van der Waals surface area contributed by atoms with E-state index in [1.54, 1.807) is 38.2 Å². The Labute approximate surface area is 164 Å². The van der Waals surface area contributed by atoms with Crippen molar-refractivity contribution in [2.24, 2.45) is 0 Å². The minimum Gasteiger partial charge on any atom is -0.479 e. The first-order valence-electron chi connectivity index (χ1n) is 8.46. The number of carbonyl (C=O) groups excluding carboxylic acids is 2. The number of ether oxygens (including phenoxy) is 1. The molecule has 1 N–H and O–H groups in total. The van der Waals surface area contributed by atoms with Crippen LogP contribution in [-0.2, 0) is 4.79 Å². The molecule has 0 unspecified atom stereocenters. The van der Waals surface area contributed by atoms with E-state index in [9.17, 15) is 14.4 Å². The van der Waals surface area contributed by atoms with E-state index in [1.807, 2.05) is 0 Å². The second kappa shape index (κ2) is 6.69. The second-order valence-electron chi connectivity index (χ2n) is 6.41. The van der Waals surface area contributed by atoms with Crippen LogP contribution in [0.1, 0.15) is 17.5 Å². The first-order valence-corrected chi connectivity index (χ1v) is 8.84. The molecule has 0 spiro atoms. The van der Waals surface area contributed by atoms with Crippen molar-refractivity contribution in [1.82, 2.24) is 0 Å². The fourth-order valence-corrected chi connectivity index (χ4v) is 3.19. The Morgan fingerprint density at radius 1 is 1.14 bits per heavy atom. The number of hydrogen-bond acceptors (Lipinski definition) is 5. The molecule has 0 bridgehead atoms. The monoisotopic (exact) mass is 398 g/mol. The highest BCUT2D eigenvalue weighted by atomic mass is 35.5. The number of fused-ring (bicyclic) bond motifs is 2. The summed E-state index contributed by atoms with van der Waals surface area (Å²) in [7, 11) is 1.64. The Balaban J connectivity index is 1.64. The molecule has 1 aliphatic rings. The van der Waals surface area contributed by atoms with E-state index >= 15 is 0 Å². The van der Waals surface area contributed by atoms with Crippen molar-refractivity contribution in [3.63, 3.8) is 0 Å². The molecule has 142 valence electrons. The molecular formula is C20H15ClN2O5. The van der Waals surface area contributed by atoms with Crippen LogP contribution in [0.3, 0.4) is 0 Å². The highest BCUT2D eigenvalue weighted by Gasteiger charge is 2.29. The normalized spacial score (nSPS) is 15.9. The zero-order valence-electron chi connectivity index (χ0n) is 15.0. The number of rotatable bonds is 2. The fraction of sp³-hybridized carbons (Fsp3) is 0.150. The van der Waals surface area contributed by atoms with Crippen LogP contribution in [-0.4, -0.2) is 25.0 Å². The average molecular weight is 399 g/mol. The molecule has 28 heavy (non-hydrogen) atoms. The molecule has 2 aromatic carbocycles. The molecule has 8 heteroatoms. The van der Waals surface area contributed by atoms with Crippen LogP contribution in [0.5, 0.6) is 5.75 Å². The van der Waals surface area contributed by atoms with E-state index in [2.05, 4.69) is 5.32 Å². The summed E-state index contributed by atoms with van der Waals surface area (Å²) in [5, 5.41) is 3.37. The predicted molar refractivity (Wildman–Crippen MR) is 105 cm³/mol. The van der Waals surface area contributed by atoms with Gasteiger partial charge in [0.25, 0.3) is 11.8 Å². The average Bonchev–Trinajstić information content (AvgIpc) is 2.67. The number of amides is 2. The van der Waals surface area contributed by atoms with Crippen LogP contribution in [0.25, 0.3) is 11.0 Å². The first kappa shape index (κ1) is 18.1. The molecule has 2 heterocycles. The Kier molecular flexibility index (Phi) is 4.31. The smallest absolute Gasteiger partial charge is 0.291 e. The van der Waals surface area contributed by atoms with E-state index in [1.165, 1.54) is 17.0 Å². The number of hydrogen-bond donors (Lipinski definition) is 1. The summed E-state index contributed by atoms with van der Waals surface area (Å²) in [6.07, 6.45) is -0.571. The zero-order valence-corrected chi connectivity index (χ0v) is 15.7. The lowest BCUT2D eigenvalue weighted by Gasteiger charge is -2.30. The van der Waals surface area contributed by atoms with Gasteiger partial charge in [-0.1, -0.05) is 11.6 Å². The summed E-state index contributed by atoms with van der Waals surface area (Å²) in [5.74, 6) is -0.364. The molecule has 2 amide bonds. The number of anilines is 2. The summed E-state index contributed by atoms with van der Waals surface area (Å²) < 4.78 is 11.1. The van der Waals surface area contributed by atoms with Crippen molar-refractivity contribution >= 4 is 45.8 Å². The first-order chi connectivity index (χ1) is 13.3. The zero-order chi connectivity index (χ0) is 20.0. The molecule has 1 aromatic heterocycles. The molecule has 7 nitrogen and oxygen atoms in total. The lowest BCUT2D eigenvalue weighted by atomic mass is 10.1. The molecule has 1 atom stereocenters. The number of nitrogens with one attached hydrogen (secondary N) is 1. The largest absolute Gasteiger partial charge is 0.479 e. The maximum Gasteiger partial charge on any atom is 0.291 e. The Hall–Kier alpha value is -3.32. The molecule has 1 aliphatic heterocycles. The summed E-state index contributed by atoms with van der Waals surface area (Å²) in [6.45, 7) is 1.67. The van der Waals surface area contributed by atoms with Gasteiger partial charge in [0.2, 0.25) is 0 Å². The van der Waals surface area contributed by atoms with E-state index in [0.29, 0.717) is 27.5 Å². The summed E-state index contributed by atoms with van der Waals surface area (Å²) in [4.78, 5) is 38.4. The second-order valence-corrected chi connectivity index (χ2v) is 6.85. The van der Waals surface area contributed by atoms with Gasteiger partial charge in [0.05, 0.1) is 11.1 Å². The highest BCUT2D eigenvalue weighted by Crippen LogP contribution is 2.35. The molecule has 0 radical (unpaired) electrons. The molecule has 0 fully saturated rings. The molecule has 3 aromatic rings. The highest BCUT2D eigenvalue weighted by molar-refractivity contribution is 6.31. The lowest BCUT2D eigenvalue weighted by Crippen LogP contribution is -2.41. The van der Waals surface area contributed by atoms with E-state index in [-0.39, 0.29) is 22.7 Å². The lowest BCUT2D eigenvalue weighted by molar-refractivity contribution is -0.125. The van der Waals surface area contributed by atoms with Gasteiger partial charge >= 0.3 is 0 Å². The van der Waals surface area contributed by atoms with Crippen molar-refractivity contribution < 1.29 is 18.7 Å². The molecule has 0 saturated heterocycles. The van der Waals surface area contributed by atoms with Gasteiger partial charge in [-0.25, -0.2) is 0 Å². The van der Waals surface area contributed by atoms with Crippen LogP contribution in [0, 0.1) is 0 Å². The maximum atomic E-state index is 12.6. The van der Waals surface area contributed by atoms with Crippen molar-refractivity contribution in [2.75, 3.05) is 17.3 Å². The third-order valence-electron chi connectivity index (χ3n) is 4.47. The molecule has 0 saturated carbocycles. The molecule has 0 aliphatic carbocycles. The third-order valence-corrected chi connectivity index (χ3v) is 4.71. The van der Waals surface area contributed by atoms with Gasteiger partial charge in [0, 0.05) is 23.8 Å². The number of halogens is 1. The minimum absolute atomic E-state index is 0.133. The Morgan fingerprint density at radius 3 is 2.71 bits per heavy atom. The summed E-state index contributed by atoms with van der Waals surface area (Å²) in [5.41, 5.74) is 0.864. The van der Waals surface area contributed by atoms with Gasteiger partial charge in [0.1, 0.15) is 11.3 Å². The summed E-state index contributed by atoms with van der Waals surface area (Å²) in [6, 6.07) is 10.7. The van der Waals surface area contributed by atoms with Crippen molar-refractivity contribution in [2.45, 2.75) is 13.0 Å². The number of nitrogens with zero attached hydrogens (tertiary/aromatic N) is 1. The predicted octanol–water partition coefficient (Wildman–Crippen LogP) is 3.44. The minimum atomic E-state index is -0.590. The van der Waals surface area contributed by atoms with Crippen LogP contribution >= 0.6 is 11.6 Å². The SMILES string of the molecule is C[C@H]1Oc2ccc(NC(=O)c3cc(=O)c4cc(Cl)ccc4o3)cc2N(C)C1=O. The van der Waals surface area contributed by atoms with Gasteiger partial charge in [-0.3, -0.25) is 14.4 Å². The standard InChI is InChI=1S/C20H15ClN2O5/c1-10-20(26)23(2)14-8-12(4-6-17(14)27-10)22-19(25)18-9-15(24)13-7-11(21)3-5-16(13)28-18/h3-10H,1-2H3,(H,22,25)/t10-/m1/s1. The van der Waals surface area contributed by atoms with E-state index < -0.39 is 12.0 Å². The van der Waals surface area contributed by atoms with E-state index in [4.69, 9.17) is 20.8 Å². The van der Waals surface area contributed by atoms with Crippen molar-refractivity contribution in [3.8, 4) is 5.75 Å². The third kappa shape index (κ3) is 3.10. The number of benzene rings is 2. The van der Waals surface area contributed by atoms with Gasteiger partial charge in [-0.2, -0.15) is 0 Å². The van der Waals surface area contributed by atoms with Crippen molar-refractivity contribution in [3.05, 3.63) is 63.5 Å².